The van der Waals surface area contributed by atoms with Crippen molar-refractivity contribution in [1.29, 1.82) is 0 Å². The van der Waals surface area contributed by atoms with Gasteiger partial charge in [0.15, 0.2) is 0 Å². The Balaban J connectivity index is 2.12. The molecule has 2 aliphatic rings. The van der Waals surface area contributed by atoms with Crippen LogP contribution in [-0.4, -0.2) is 20.9 Å². The van der Waals surface area contributed by atoms with Crippen LogP contribution in [0.4, 0.5) is 0 Å². The summed E-state index contributed by atoms with van der Waals surface area (Å²) in [5, 5.41) is 9.13. The Morgan fingerprint density at radius 2 is 2.00 bits per heavy atom. The number of aryl methyl sites for hydroxylation is 2. The average Bonchev–Trinajstić information content (AvgIpc) is 3.08. The minimum atomic E-state index is -0.282. The molecule has 0 radical (unpaired) electrons. The van der Waals surface area contributed by atoms with E-state index in [4.69, 9.17) is 0 Å². The second-order valence-corrected chi connectivity index (χ2v) is 6.61. The predicted octanol–water partition coefficient (Wildman–Crippen LogP) is 1.67. The van der Waals surface area contributed by atoms with E-state index in [1.165, 1.54) is 17.4 Å². The monoisotopic (exact) mass is 286 g/mol. The van der Waals surface area contributed by atoms with Gasteiger partial charge in [0, 0.05) is 18.0 Å². The van der Waals surface area contributed by atoms with E-state index >= 15 is 0 Å². The average molecular weight is 286 g/mol. The Hall–Kier alpha value is -1.62. The molecule has 0 amide bonds. The maximum atomic E-state index is 13.2. The smallest absolute Gasteiger partial charge is 0.257 e. The van der Waals surface area contributed by atoms with Crippen LogP contribution in [0.2, 0.25) is 0 Å². The van der Waals surface area contributed by atoms with Gasteiger partial charge in [0.25, 0.3) is 5.56 Å². The molecule has 0 saturated carbocycles. The summed E-state index contributed by atoms with van der Waals surface area (Å²) in [5.74, 6) is 0. The Kier molecular flexibility index (Phi) is 2.76. The molecular formula is C16H22N4O. The number of hydrogen-bond acceptors (Lipinski definition) is 3. The topological polar surface area (TPSA) is 51.9 Å². The number of hydrogen-bond donors (Lipinski definition) is 1. The summed E-state index contributed by atoms with van der Waals surface area (Å²) in [4.78, 5) is 13.2. The van der Waals surface area contributed by atoms with Gasteiger partial charge in [-0.1, -0.05) is 0 Å². The SMILES string of the molecule is Cn1ncc2c3c(c(=O)n([C@]4(C)CCCN4)c21)CCCC3. The third kappa shape index (κ3) is 1.73. The first kappa shape index (κ1) is 13.1. The van der Waals surface area contributed by atoms with Crippen LogP contribution in [0.1, 0.15) is 43.7 Å². The molecule has 112 valence electrons. The van der Waals surface area contributed by atoms with Crippen molar-refractivity contribution >= 4 is 11.0 Å². The zero-order valence-electron chi connectivity index (χ0n) is 12.8. The van der Waals surface area contributed by atoms with E-state index in [1.54, 1.807) is 0 Å². The van der Waals surface area contributed by atoms with Gasteiger partial charge in [0.05, 0.1) is 11.9 Å². The number of rotatable bonds is 1. The highest BCUT2D eigenvalue weighted by molar-refractivity contribution is 5.81. The summed E-state index contributed by atoms with van der Waals surface area (Å²) in [7, 11) is 1.94. The first-order chi connectivity index (χ1) is 10.1. The zero-order chi connectivity index (χ0) is 14.6. The van der Waals surface area contributed by atoms with Crippen LogP contribution in [0.15, 0.2) is 11.0 Å². The molecule has 1 aliphatic heterocycles. The van der Waals surface area contributed by atoms with Gasteiger partial charge < -0.3 is 0 Å². The standard InChI is InChI=1S/C16H22N4O/c1-16(8-5-9-17-16)20-14-13(10-18-19(14)2)11-6-3-4-7-12(11)15(20)21/h10,17H,3-9H2,1-2H3/t16-/m1/s1. The Morgan fingerprint density at radius 1 is 1.24 bits per heavy atom. The highest BCUT2D eigenvalue weighted by Gasteiger charge is 2.35. The van der Waals surface area contributed by atoms with Gasteiger partial charge in [-0.05, 0) is 57.6 Å². The van der Waals surface area contributed by atoms with Gasteiger partial charge in [-0.25, -0.2) is 0 Å². The molecule has 2 aromatic rings. The molecule has 1 N–H and O–H groups in total. The van der Waals surface area contributed by atoms with Crippen LogP contribution in [0.25, 0.3) is 11.0 Å². The molecule has 0 aromatic carbocycles. The number of pyridine rings is 1. The van der Waals surface area contributed by atoms with Crippen molar-refractivity contribution in [2.45, 2.75) is 51.1 Å². The largest absolute Gasteiger partial charge is 0.295 e. The maximum Gasteiger partial charge on any atom is 0.257 e. The summed E-state index contributed by atoms with van der Waals surface area (Å²) < 4.78 is 3.84. The maximum absolute atomic E-state index is 13.2. The third-order valence-electron chi connectivity index (χ3n) is 5.21. The summed E-state index contributed by atoms with van der Waals surface area (Å²) in [5.41, 5.74) is 3.15. The van der Waals surface area contributed by atoms with E-state index in [1.807, 2.05) is 22.5 Å². The first-order valence-electron chi connectivity index (χ1n) is 7.96. The second kappa shape index (κ2) is 4.44. The fourth-order valence-electron chi connectivity index (χ4n) is 4.11. The molecular weight excluding hydrogens is 264 g/mol. The molecule has 0 bridgehead atoms. The summed E-state index contributed by atoms with van der Waals surface area (Å²) in [6.45, 7) is 3.11. The van der Waals surface area contributed by atoms with E-state index in [2.05, 4.69) is 17.3 Å². The van der Waals surface area contributed by atoms with Gasteiger partial charge in [-0.3, -0.25) is 19.4 Å². The quantitative estimate of drug-likeness (QED) is 0.867. The number of fused-ring (bicyclic) bond motifs is 3. The summed E-state index contributed by atoms with van der Waals surface area (Å²) in [6, 6.07) is 0. The van der Waals surface area contributed by atoms with Crippen molar-refractivity contribution in [3.05, 3.63) is 27.7 Å². The Labute approximate surface area is 123 Å². The van der Waals surface area contributed by atoms with Gasteiger partial charge in [-0.2, -0.15) is 5.10 Å². The van der Waals surface area contributed by atoms with E-state index in [0.29, 0.717) is 0 Å². The lowest BCUT2D eigenvalue weighted by Gasteiger charge is -2.31. The highest BCUT2D eigenvalue weighted by Crippen LogP contribution is 2.31. The van der Waals surface area contributed by atoms with Gasteiger partial charge in [0.1, 0.15) is 5.65 Å². The molecule has 1 saturated heterocycles. The van der Waals surface area contributed by atoms with E-state index in [-0.39, 0.29) is 11.2 Å². The fourth-order valence-corrected chi connectivity index (χ4v) is 4.11. The Bertz CT molecular complexity index is 765. The number of nitrogens with one attached hydrogen (secondary N) is 1. The molecule has 0 spiro atoms. The predicted molar refractivity (Wildman–Crippen MR) is 82.5 cm³/mol. The first-order valence-corrected chi connectivity index (χ1v) is 7.96. The van der Waals surface area contributed by atoms with Crippen molar-refractivity contribution in [3.63, 3.8) is 0 Å². The summed E-state index contributed by atoms with van der Waals surface area (Å²) >= 11 is 0. The lowest BCUT2D eigenvalue weighted by atomic mass is 9.90. The summed E-state index contributed by atoms with van der Waals surface area (Å²) in [6.07, 6.45) is 8.26. The van der Waals surface area contributed by atoms with E-state index in [9.17, 15) is 4.79 Å². The molecule has 4 rings (SSSR count). The van der Waals surface area contributed by atoms with Crippen LogP contribution in [0.3, 0.4) is 0 Å². The van der Waals surface area contributed by atoms with Crippen molar-refractivity contribution < 1.29 is 0 Å². The lowest BCUT2D eigenvalue weighted by molar-refractivity contribution is 0.283. The lowest BCUT2D eigenvalue weighted by Crippen LogP contribution is -2.47. The van der Waals surface area contributed by atoms with Crippen LogP contribution in [-0.2, 0) is 25.6 Å². The number of aromatic nitrogens is 3. The Morgan fingerprint density at radius 3 is 2.71 bits per heavy atom. The van der Waals surface area contributed by atoms with Crippen LogP contribution in [0, 0.1) is 0 Å². The molecule has 1 aliphatic carbocycles. The van der Waals surface area contributed by atoms with Crippen molar-refractivity contribution in [3.8, 4) is 0 Å². The normalized spacial score (nSPS) is 25.4. The van der Waals surface area contributed by atoms with Gasteiger partial charge >= 0.3 is 0 Å². The third-order valence-corrected chi connectivity index (χ3v) is 5.21. The van der Waals surface area contributed by atoms with Crippen molar-refractivity contribution in [2.75, 3.05) is 6.54 Å². The van der Waals surface area contributed by atoms with E-state index < -0.39 is 0 Å². The van der Waals surface area contributed by atoms with Crippen LogP contribution >= 0.6 is 0 Å². The molecule has 3 heterocycles. The molecule has 21 heavy (non-hydrogen) atoms. The van der Waals surface area contributed by atoms with Gasteiger partial charge in [-0.15, -0.1) is 0 Å². The minimum Gasteiger partial charge on any atom is -0.295 e. The van der Waals surface area contributed by atoms with Crippen molar-refractivity contribution in [2.24, 2.45) is 7.05 Å². The highest BCUT2D eigenvalue weighted by atomic mass is 16.1. The zero-order valence-corrected chi connectivity index (χ0v) is 12.8. The molecule has 1 fully saturated rings. The molecule has 5 nitrogen and oxygen atoms in total. The molecule has 1 atom stereocenters. The molecule has 0 unspecified atom stereocenters. The molecule has 2 aromatic heterocycles. The number of nitrogens with zero attached hydrogens (tertiary/aromatic N) is 3. The molecule has 5 heteroatoms. The second-order valence-electron chi connectivity index (χ2n) is 6.61. The van der Waals surface area contributed by atoms with Crippen LogP contribution in [0.5, 0.6) is 0 Å². The fraction of sp³-hybridized carbons (Fsp3) is 0.625. The minimum absolute atomic E-state index is 0.192. The van der Waals surface area contributed by atoms with Crippen molar-refractivity contribution in [1.82, 2.24) is 19.7 Å². The van der Waals surface area contributed by atoms with E-state index in [0.717, 1.165) is 49.9 Å². The van der Waals surface area contributed by atoms with Crippen LogP contribution < -0.4 is 10.9 Å². The van der Waals surface area contributed by atoms with Gasteiger partial charge in [0.2, 0.25) is 0 Å².